The van der Waals surface area contributed by atoms with Crippen LogP contribution in [0.15, 0.2) is 0 Å². The number of amides is 1. The number of carbonyl (C=O) groups excluding carboxylic acids is 1. The van der Waals surface area contributed by atoms with Gasteiger partial charge >= 0.3 is 5.97 Å². The first-order chi connectivity index (χ1) is 6.33. The molecule has 1 rings (SSSR count). The Balaban J connectivity index is 2.36. The molecule has 0 bridgehead atoms. The first-order valence-corrected chi connectivity index (χ1v) is 4.85. The van der Waals surface area contributed by atoms with Crippen molar-refractivity contribution in [3.05, 3.63) is 0 Å². The van der Waals surface area contributed by atoms with Crippen molar-refractivity contribution >= 4 is 11.9 Å². The molecule has 0 radical (unpaired) electrons. The van der Waals surface area contributed by atoms with Crippen LogP contribution in [0.1, 0.15) is 33.6 Å². The Morgan fingerprint density at radius 2 is 2.00 bits per heavy atom. The predicted octanol–water partition coefficient (Wildman–Crippen LogP) is 1.01. The zero-order chi connectivity index (χ0) is 10.9. The van der Waals surface area contributed by atoms with Gasteiger partial charge in [0.05, 0.1) is 5.41 Å². The van der Waals surface area contributed by atoms with Gasteiger partial charge in [0.1, 0.15) is 0 Å². The van der Waals surface area contributed by atoms with Crippen molar-refractivity contribution in [2.75, 3.05) is 0 Å². The standard InChI is InChI=1S/C10H17NO3/c1-6-4-7(6)11-8(12)5-10(2,3)9(13)14/h6-7H,4-5H2,1-3H3,(H,11,12)(H,13,14). The van der Waals surface area contributed by atoms with E-state index in [1.165, 1.54) is 0 Å². The molecule has 0 spiro atoms. The zero-order valence-corrected chi connectivity index (χ0v) is 8.83. The Kier molecular flexibility index (Phi) is 2.83. The molecule has 80 valence electrons. The lowest BCUT2D eigenvalue weighted by Gasteiger charge is -2.18. The van der Waals surface area contributed by atoms with Crippen LogP contribution in [0.4, 0.5) is 0 Å². The third-order valence-electron chi connectivity index (χ3n) is 2.64. The van der Waals surface area contributed by atoms with Gasteiger partial charge in [0, 0.05) is 12.5 Å². The number of carbonyl (C=O) groups is 2. The highest BCUT2D eigenvalue weighted by atomic mass is 16.4. The van der Waals surface area contributed by atoms with Gasteiger partial charge in [-0.1, -0.05) is 6.92 Å². The molecule has 0 aliphatic heterocycles. The normalized spacial score (nSPS) is 25.6. The number of nitrogens with one attached hydrogen (secondary N) is 1. The summed E-state index contributed by atoms with van der Waals surface area (Å²) in [6.45, 7) is 5.18. The summed E-state index contributed by atoms with van der Waals surface area (Å²) in [6.07, 6.45) is 1.06. The van der Waals surface area contributed by atoms with Crippen LogP contribution in [-0.2, 0) is 9.59 Å². The van der Waals surface area contributed by atoms with Crippen LogP contribution >= 0.6 is 0 Å². The molecule has 0 saturated heterocycles. The minimum Gasteiger partial charge on any atom is -0.481 e. The van der Waals surface area contributed by atoms with Gasteiger partial charge in [-0.3, -0.25) is 9.59 Å². The lowest BCUT2D eigenvalue weighted by Crippen LogP contribution is -2.34. The molecule has 2 N–H and O–H groups in total. The monoisotopic (exact) mass is 199 g/mol. The molecule has 1 amide bonds. The highest BCUT2D eigenvalue weighted by Gasteiger charge is 2.36. The maximum Gasteiger partial charge on any atom is 0.309 e. The minimum atomic E-state index is -0.970. The van der Waals surface area contributed by atoms with Gasteiger partial charge in [0.15, 0.2) is 0 Å². The van der Waals surface area contributed by atoms with Crippen LogP contribution in [-0.4, -0.2) is 23.0 Å². The summed E-state index contributed by atoms with van der Waals surface area (Å²) in [5.74, 6) is -0.546. The van der Waals surface area contributed by atoms with Crippen LogP contribution in [0.25, 0.3) is 0 Å². The molecule has 1 fully saturated rings. The Hall–Kier alpha value is -1.06. The smallest absolute Gasteiger partial charge is 0.309 e. The van der Waals surface area contributed by atoms with Gasteiger partial charge in [-0.15, -0.1) is 0 Å². The highest BCUT2D eigenvalue weighted by Crippen LogP contribution is 2.29. The van der Waals surface area contributed by atoms with Crippen molar-refractivity contribution < 1.29 is 14.7 Å². The fraction of sp³-hybridized carbons (Fsp3) is 0.800. The quantitative estimate of drug-likeness (QED) is 0.710. The van der Waals surface area contributed by atoms with E-state index in [1.807, 2.05) is 0 Å². The van der Waals surface area contributed by atoms with Crippen LogP contribution in [0, 0.1) is 11.3 Å². The number of rotatable bonds is 4. The molecule has 0 aromatic rings. The van der Waals surface area contributed by atoms with E-state index in [2.05, 4.69) is 12.2 Å². The Morgan fingerprint density at radius 1 is 1.50 bits per heavy atom. The van der Waals surface area contributed by atoms with E-state index >= 15 is 0 Å². The molecule has 2 unspecified atom stereocenters. The van der Waals surface area contributed by atoms with Crippen LogP contribution < -0.4 is 5.32 Å². The van der Waals surface area contributed by atoms with Crippen LogP contribution in [0.2, 0.25) is 0 Å². The highest BCUT2D eigenvalue weighted by molar-refractivity contribution is 5.84. The summed E-state index contributed by atoms with van der Waals surface area (Å²) < 4.78 is 0. The van der Waals surface area contributed by atoms with Crippen molar-refractivity contribution in [3.63, 3.8) is 0 Å². The molecule has 14 heavy (non-hydrogen) atoms. The fourth-order valence-electron chi connectivity index (χ4n) is 1.26. The van der Waals surface area contributed by atoms with Gasteiger partial charge in [-0.2, -0.15) is 0 Å². The molecule has 2 atom stereocenters. The third-order valence-corrected chi connectivity index (χ3v) is 2.64. The number of hydrogen-bond acceptors (Lipinski definition) is 2. The second-order valence-electron chi connectivity index (χ2n) is 4.75. The van der Waals surface area contributed by atoms with Crippen molar-refractivity contribution in [2.45, 2.75) is 39.7 Å². The average molecular weight is 199 g/mol. The summed E-state index contributed by atoms with van der Waals surface area (Å²) in [4.78, 5) is 22.1. The average Bonchev–Trinajstić information content (AvgIpc) is 2.64. The summed E-state index contributed by atoms with van der Waals surface area (Å²) >= 11 is 0. The van der Waals surface area contributed by atoms with E-state index in [4.69, 9.17) is 5.11 Å². The Morgan fingerprint density at radius 3 is 2.36 bits per heavy atom. The second kappa shape index (κ2) is 3.59. The summed E-state index contributed by atoms with van der Waals surface area (Å²) in [5, 5.41) is 11.6. The van der Waals surface area contributed by atoms with Gasteiger partial charge in [0.25, 0.3) is 0 Å². The largest absolute Gasteiger partial charge is 0.481 e. The molecular formula is C10H17NO3. The topological polar surface area (TPSA) is 66.4 Å². The van der Waals surface area contributed by atoms with Gasteiger partial charge in [-0.05, 0) is 26.2 Å². The molecule has 0 aromatic carbocycles. The number of aliphatic carboxylic acids is 1. The van der Waals surface area contributed by atoms with E-state index in [-0.39, 0.29) is 18.4 Å². The maximum atomic E-state index is 11.4. The zero-order valence-electron chi connectivity index (χ0n) is 8.83. The molecular weight excluding hydrogens is 182 g/mol. The molecule has 1 saturated carbocycles. The van der Waals surface area contributed by atoms with Gasteiger partial charge in [0.2, 0.25) is 5.91 Å². The predicted molar refractivity (Wildman–Crippen MR) is 51.7 cm³/mol. The fourth-order valence-corrected chi connectivity index (χ4v) is 1.26. The van der Waals surface area contributed by atoms with Crippen LogP contribution in [0.3, 0.4) is 0 Å². The third kappa shape index (κ3) is 2.72. The lowest BCUT2D eigenvalue weighted by atomic mass is 9.89. The van der Waals surface area contributed by atoms with Gasteiger partial charge in [-0.25, -0.2) is 0 Å². The van der Waals surface area contributed by atoms with E-state index in [9.17, 15) is 9.59 Å². The first-order valence-electron chi connectivity index (χ1n) is 4.85. The number of carboxylic acids is 1. The van der Waals surface area contributed by atoms with Crippen LogP contribution in [0.5, 0.6) is 0 Å². The van der Waals surface area contributed by atoms with Gasteiger partial charge < -0.3 is 10.4 Å². The molecule has 0 heterocycles. The summed E-state index contributed by atoms with van der Waals surface area (Å²) in [6, 6.07) is 0.270. The SMILES string of the molecule is CC1CC1NC(=O)CC(C)(C)C(=O)O. The molecule has 4 heteroatoms. The van der Waals surface area contributed by atoms with E-state index in [0.717, 1.165) is 6.42 Å². The van der Waals surface area contributed by atoms with Crippen molar-refractivity contribution in [1.29, 1.82) is 0 Å². The molecule has 1 aliphatic carbocycles. The number of carboxylic acid groups (broad SMARTS) is 1. The first kappa shape index (κ1) is 11.0. The Labute approximate surface area is 83.7 Å². The Bertz CT molecular complexity index is 260. The minimum absolute atomic E-state index is 0.0472. The van der Waals surface area contributed by atoms with E-state index in [0.29, 0.717) is 5.92 Å². The molecule has 0 aromatic heterocycles. The van der Waals surface area contributed by atoms with Crippen molar-refractivity contribution in [2.24, 2.45) is 11.3 Å². The van der Waals surface area contributed by atoms with Crippen molar-refractivity contribution in [1.82, 2.24) is 5.32 Å². The lowest BCUT2D eigenvalue weighted by molar-refractivity contribution is -0.149. The molecule has 1 aliphatic rings. The maximum absolute atomic E-state index is 11.4. The number of hydrogen-bond donors (Lipinski definition) is 2. The summed E-state index contributed by atoms with van der Waals surface area (Å²) in [7, 11) is 0. The van der Waals surface area contributed by atoms with Crippen molar-refractivity contribution in [3.8, 4) is 0 Å². The van der Waals surface area contributed by atoms with E-state index in [1.54, 1.807) is 13.8 Å². The molecule has 4 nitrogen and oxygen atoms in total. The second-order valence-corrected chi connectivity index (χ2v) is 4.75. The van der Waals surface area contributed by atoms with E-state index < -0.39 is 11.4 Å². The summed E-state index contributed by atoms with van der Waals surface area (Å²) in [5.41, 5.74) is -0.970.